The minimum Gasteiger partial charge on any atom is -0.363 e. The molecule has 1 aromatic rings. The number of anilines is 1. The lowest BCUT2D eigenvalue weighted by molar-refractivity contribution is -0.384. The number of hydrogen-bond acceptors (Lipinski definition) is 5. The van der Waals surface area contributed by atoms with Crippen molar-refractivity contribution in [2.45, 2.75) is 50.8 Å². The monoisotopic (exact) mass is 298 g/mol. The van der Waals surface area contributed by atoms with Gasteiger partial charge in [-0.1, -0.05) is 13.3 Å². The predicted octanol–water partition coefficient (Wildman–Crippen LogP) is 3.21. The van der Waals surface area contributed by atoms with Crippen molar-refractivity contribution in [1.29, 1.82) is 0 Å². The van der Waals surface area contributed by atoms with Crippen molar-refractivity contribution in [3.05, 3.63) is 15.8 Å². The number of nitrogens with zero attached hydrogens (tertiary/aromatic N) is 3. The second-order valence-corrected chi connectivity index (χ2v) is 6.63. The molecule has 20 heavy (non-hydrogen) atoms. The summed E-state index contributed by atoms with van der Waals surface area (Å²) < 4.78 is 1.98. The number of aromatic nitrogens is 2. The van der Waals surface area contributed by atoms with E-state index in [0.717, 1.165) is 13.0 Å². The highest BCUT2D eigenvalue weighted by molar-refractivity contribution is 8.00. The quantitative estimate of drug-likeness (QED) is 0.618. The molecule has 0 saturated heterocycles. The average molecular weight is 298 g/mol. The summed E-state index contributed by atoms with van der Waals surface area (Å²) in [4.78, 5) is 10.9. The molecule has 0 radical (unpaired) electrons. The van der Waals surface area contributed by atoms with Gasteiger partial charge in [-0.2, -0.15) is 16.9 Å². The Morgan fingerprint density at radius 1 is 1.55 bits per heavy atom. The molecule has 0 spiro atoms. The van der Waals surface area contributed by atoms with Crippen LogP contribution in [0.3, 0.4) is 0 Å². The van der Waals surface area contributed by atoms with Crippen molar-refractivity contribution in [2.75, 3.05) is 18.1 Å². The molecule has 6 nitrogen and oxygen atoms in total. The Kier molecular flexibility index (Phi) is 4.57. The molecule has 1 fully saturated rings. The van der Waals surface area contributed by atoms with Crippen LogP contribution >= 0.6 is 11.8 Å². The molecule has 0 unspecified atom stereocenters. The van der Waals surface area contributed by atoms with Gasteiger partial charge in [0.15, 0.2) is 0 Å². The standard InChI is InChI=1S/C13H22N4O2S/c1-4-8-16-12(11(17(18)19)10(2)15-16)14-9-13(20-3)6-5-7-13/h14H,4-9H2,1-3H3. The number of thioether (sulfide) groups is 1. The van der Waals surface area contributed by atoms with Crippen LogP contribution in [0.4, 0.5) is 11.5 Å². The van der Waals surface area contributed by atoms with Gasteiger partial charge in [-0.25, -0.2) is 4.68 Å². The normalized spacial score (nSPS) is 16.8. The third-order valence-corrected chi connectivity index (χ3v) is 5.41. The number of nitro groups is 1. The van der Waals surface area contributed by atoms with Crippen LogP contribution in [0.2, 0.25) is 0 Å². The maximum absolute atomic E-state index is 11.2. The number of aryl methyl sites for hydroxylation is 2. The third-order valence-electron chi connectivity index (χ3n) is 3.99. The van der Waals surface area contributed by atoms with Crippen LogP contribution in [0.1, 0.15) is 38.3 Å². The van der Waals surface area contributed by atoms with Gasteiger partial charge >= 0.3 is 5.69 Å². The van der Waals surface area contributed by atoms with Crippen molar-refractivity contribution in [2.24, 2.45) is 0 Å². The first-order valence-corrected chi connectivity index (χ1v) is 8.26. The maximum Gasteiger partial charge on any atom is 0.333 e. The highest BCUT2D eigenvalue weighted by Gasteiger charge is 2.37. The molecule has 1 N–H and O–H groups in total. The summed E-state index contributed by atoms with van der Waals surface area (Å²) in [7, 11) is 0. The second kappa shape index (κ2) is 6.03. The van der Waals surface area contributed by atoms with Crippen LogP contribution in [-0.2, 0) is 6.54 Å². The lowest BCUT2D eigenvalue weighted by atomic mass is 9.84. The molecular formula is C13H22N4O2S. The highest BCUT2D eigenvalue weighted by atomic mass is 32.2. The van der Waals surface area contributed by atoms with Crippen LogP contribution in [0, 0.1) is 17.0 Å². The van der Waals surface area contributed by atoms with E-state index in [1.54, 1.807) is 11.6 Å². The van der Waals surface area contributed by atoms with Crippen LogP contribution in [-0.4, -0.2) is 32.3 Å². The van der Waals surface area contributed by atoms with Crippen molar-refractivity contribution in [3.63, 3.8) is 0 Å². The van der Waals surface area contributed by atoms with Gasteiger partial charge in [-0.05, 0) is 32.4 Å². The molecule has 1 heterocycles. The topological polar surface area (TPSA) is 73.0 Å². The first-order valence-electron chi connectivity index (χ1n) is 7.04. The Morgan fingerprint density at radius 2 is 2.25 bits per heavy atom. The van der Waals surface area contributed by atoms with Crippen molar-refractivity contribution in [1.82, 2.24) is 9.78 Å². The van der Waals surface area contributed by atoms with E-state index >= 15 is 0 Å². The molecule has 0 bridgehead atoms. The van der Waals surface area contributed by atoms with Crippen LogP contribution in [0.25, 0.3) is 0 Å². The van der Waals surface area contributed by atoms with Gasteiger partial charge in [0.05, 0.1) is 4.92 Å². The number of nitrogens with one attached hydrogen (secondary N) is 1. The molecule has 0 atom stereocenters. The maximum atomic E-state index is 11.2. The van der Waals surface area contributed by atoms with Gasteiger partial charge in [-0.3, -0.25) is 10.1 Å². The first kappa shape index (κ1) is 15.2. The second-order valence-electron chi connectivity index (χ2n) is 5.36. The van der Waals surface area contributed by atoms with E-state index < -0.39 is 0 Å². The molecule has 112 valence electrons. The van der Waals surface area contributed by atoms with Gasteiger partial charge in [0, 0.05) is 17.8 Å². The SMILES string of the molecule is CCCn1nc(C)c([N+](=O)[O-])c1NCC1(SC)CCC1. The summed E-state index contributed by atoms with van der Waals surface area (Å²) in [6, 6.07) is 0. The summed E-state index contributed by atoms with van der Waals surface area (Å²) in [5, 5.41) is 18.8. The van der Waals surface area contributed by atoms with E-state index in [4.69, 9.17) is 0 Å². The van der Waals surface area contributed by atoms with E-state index in [1.807, 2.05) is 18.7 Å². The van der Waals surface area contributed by atoms with Gasteiger partial charge < -0.3 is 5.32 Å². The Hall–Kier alpha value is -1.24. The minimum atomic E-state index is -0.330. The van der Waals surface area contributed by atoms with E-state index in [1.165, 1.54) is 19.3 Å². The fourth-order valence-electron chi connectivity index (χ4n) is 2.61. The van der Waals surface area contributed by atoms with Crippen LogP contribution in [0.15, 0.2) is 0 Å². The van der Waals surface area contributed by atoms with Gasteiger partial charge in [-0.15, -0.1) is 0 Å². The molecule has 1 aliphatic carbocycles. The highest BCUT2D eigenvalue weighted by Crippen LogP contribution is 2.43. The summed E-state index contributed by atoms with van der Waals surface area (Å²) >= 11 is 1.86. The largest absolute Gasteiger partial charge is 0.363 e. The first-order chi connectivity index (χ1) is 9.53. The molecule has 0 aromatic carbocycles. The zero-order chi connectivity index (χ0) is 14.8. The molecular weight excluding hydrogens is 276 g/mol. The van der Waals surface area contributed by atoms with Crippen molar-refractivity contribution < 1.29 is 4.92 Å². The lowest BCUT2D eigenvalue weighted by Crippen LogP contribution is -2.40. The zero-order valence-corrected chi connectivity index (χ0v) is 13.1. The molecule has 0 aliphatic heterocycles. The van der Waals surface area contributed by atoms with Gasteiger partial charge in [0.2, 0.25) is 5.82 Å². The smallest absolute Gasteiger partial charge is 0.333 e. The lowest BCUT2D eigenvalue weighted by Gasteiger charge is -2.40. The van der Waals surface area contributed by atoms with E-state index in [0.29, 0.717) is 18.1 Å². The summed E-state index contributed by atoms with van der Waals surface area (Å²) in [5.74, 6) is 0.565. The predicted molar refractivity (Wildman–Crippen MR) is 82.5 cm³/mol. The number of hydrogen-bond donors (Lipinski definition) is 1. The van der Waals surface area contributed by atoms with Crippen molar-refractivity contribution in [3.8, 4) is 0 Å². The average Bonchev–Trinajstić information content (AvgIpc) is 2.65. The molecule has 7 heteroatoms. The van der Waals surface area contributed by atoms with Crippen LogP contribution in [0.5, 0.6) is 0 Å². The Labute approximate surface area is 123 Å². The fourth-order valence-corrected chi connectivity index (χ4v) is 3.52. The Morgan fingerprint density at radius 3 is 2.70 bits per heavy atom. The molecule has 1 saturated carbocycles. The van der Waals surface area contributed by atoms with Crippen LogP contribution < -0.4 is 5.32 Å². The summed E-state index contributed by atoms with van der Waals surface area (Å²) in [6.45, 7) is 5.21. The molecule has 1 aromatic heterocycles. The minimum absolute atomic E-state index is 0.119. The van der Waals surface area contributed by atoms with E-state index in [2.05, 4.69) is 16.7 Å². The van der Waals surface area contributed by atoms with E-state index in [9.17, 15) is 10.1 Å². The fraction of sp³-hybridized carbons (Fsp3) is 0.769. The van der Waals surface area contributed by atoms with Gasteiger partial charge in [0.25, 0.3) is 0 Å². The Bertz CT molecular complexity index is 491. The van der Waals surface area contributed by atoms with E-state index in [-0.39, 0.29) is 15.4 Å². The summed E-state index contributed by atoms with van der Waals surface area (Å²) in [5.41, 5.74) is 0.604. The molecule has 1 aliphatic rings. The zero-order valence-electron chi connectivity index (χ0n) is 12.3. The molecule has 0 amide bonds. The van der Waals surface area contributed by atoms with Crippen molar-refractivity contribution >= 4 is 23.3 Å². The Balaban J connectivity index is 2.21. The van der Waals surface area contributed by atoms with Gasteiger partial charge in [0.1, 0.15) is 5.69 Å². The summed E-state index contributed by atoms with van der Waals surface area (Å²) in [6.07, 6.45) is 6.62. The number of rotatable bonds is 7. The molecule has 2 rings (SSSR count). The third kappa shape index (κ3) is 2.77.